The minimum Gasteiger partial charge on any atom is -0.449 e. The van der Waals surface area contributed by atoms with E-state index < -0.39 is 5.41 Å². The van der Waals surface area contributed by atoms with E-state index >= 15 is 0 Å². The van der Waals surface area contributed by atoms with Crippen molar-refractivity contribution in [3.63, 3.8) is 0 Å². The van der Waals surface area contributed by atoms with Crippen molar-refractivity contribution in [1.82, 2.24) is 19.5 Å². The average molecular weight is 897 g/mol. The van der Waals surface area contributed by atoms with Crippen LogP contribution in [0.2, 0.25) is 0 Å². The summed E-state index contributed by atoms with van der Waals surface area (Å²) >= 11 is 0. The first kappa shape index (κ1) is 39.7. The molecule has 0 bridgehead atoms. The molecule has 1 aliphatic heterocycles. The number of hydrogen-bond acceptors (Lipinski definition) is 5. The molecule has 0 saturated carbocycles. The number of nitrogens with zero attached hydrogens (tertiary/aromatic N) is 4. The van der Waals surface area contributed by atoms with E-state index in [1.165, 1.54) is 27.5 Å². The molecule has 0 fully saturated rings. The maximum Gasteiger partial charge on any atom is 0.178 e. The zero-order valence-corrected chi connectivity index (χ0v) is 37.7. The zero-order chi connectivity index (χ0) is 46.2. The first-order valence-electron chi connectivity index (χ1n) is 23.6. The lowest BCUT2D eigenvalue weighted by atomic mass is 9.68. The molecule has 328 valence electrons. The Kier molecular flexibility index (Phi) is 9.01. The van der Waals surface area contributed by atoms with Gasteiger partial charge in [0.25, 0.3) is 0 Å². The van der Waals surface area contributed by atoms with E-state index in [0.29, 0.717) is 40.5 Å². The van der Waals surface area contributed by atoms with Gasteiger partial charge < -0.3 is 14.0 Å². The van der Waals surface area contributed by atoms with Crippen LogP contribution >= 0.6 is 0 Å². The SMILES string of the molecule is c1ccc(-c2nc(-c3ccc(-n4c5ccccc5c5ccccc54)cc3)nc(-c3ccccc3-c3ccc4c(c3)Oc3c(ccc5c3-c3ccccc3C5(c3ccccc3)c3ccccc3)O4)n2)cc1. The Labute approximate surface area is 404 Å². The van der Waals surface area contributed by atoms with Crippen molar-refractivity contribution >= 4 is 21.8 Å². The fraction of sp³-hybridized carbons (Fsp3) is 0.0156. The van der Waals surface area contributed by atoms with Crippen molar-refractivity contribution in [3.05, 3.63) is 265 Å². The number of para-hydroxylation sites is 2. The van der Waals surface area contributed by atoms with Crippen molar-refractivity contribution in [2.24, 2.45) is 0 Å². The Morgan fingerprint density at radius 1 is 0.343 bits per heavy atom. The second kappa shape index (κ2) is 15.9. The standard InChI is InChI=1S/C64H40N4O2/c1-4-18-41(19-5-1)61-65-62(42-32-35-46(36-33-42)68-54-30-16-13-25-48(54)49-26-14-17-31-55(49)68)67-63(66-61)50-27-11-10-24-47(50)43-34-38-56-58(40-43)70-60-57(69-56)39-37-53-59(60)51-28-12-15-29-52(51)64(53,44-20-6-2-7-21-44)45-22-8-3-9-23-45/h1-40H. The van der Waals surface area contributed by atoms with E-state index in [1.54, 1.807) is 0 Å². The second-order valence-electron chi connectivity index (χ2n) is 17.8. The Bertz CT molecular complexity index is 3910. The van der Waals surface area contributed by atoms with Gasteiger partial charge in [0.15, 0.2) is 40.5 Å². The molecule has 10 aromatic carbocycles. The van der Waals surface area contributed by atoms with E-state index in [2.05, 4.69) is 205 Å². The van der Waals surface area contributed by atoms with Crippen LogP contribution in [0.5, 0.6) is 23.0 Å². The van der Waals surface area contributed by atoms with Crippen LogP contribution in [0.25, 0.3) is 83.9 Å². The summed E-state index contributed by atoms with van der Waals surface area (Å²) in [6.45, 7) is 0. The summed E-state index contributed by atoms with van der Waals surface area (Å²) in [5.41, 5.74) is 14.3. The summed E-state index contributed by atoms with van der Waals surface area (Å²) in [6.07, 6.45) is 0. The smallest absolute Gasteiger partial charge is 0.178 e. The molecule has 0 atom stereocenters. The lowest BCUT2D eigenvalue weighted by Crippen LogP contribution is -2.28. The molecule has 0 unspecified atom stereocenters. The lowest BCUT2D eigenvalue weighted by Gasteiger charge is -2.34. The van der Waals surface area contributed by atoms with Crippen molar-refractivity contribution < 1.29 is 9.47 Å². The lowest BCUT2D eigenvalue weighted by molar-refractivity contribution is 0.360. The van der Waals surface area contributed by atoms with Crippen LogP contribution in [0.1, 0.15) is 22.3 Å². The van der Waals surface area contributed by atoms with E-state index in [0.717, 1.165) is 61.2 Å². The number of aromatic nitrogens is 4. The van der Waals surface area contributed by atoms with Crippen LogP contribution in [0.15, 0.2) is 243 Å². The van der Waals surface area contributed by atoms with Crippen LogP contribution in [0.3, 0.4) is 0 Å². The van der Waals surface area contributed by atoms with Crippen LogP contribution in [0.4, 0.5) is 0 Å². The van der Waals surface area contributed by atoms with Gasteiger partial charge in [-0.1, -0.05) is 188 Å². The van der Waals surface area contributed by atoms with Crippen LogP contribution in [-0.4, -0.2) is 19.5 Å². The summed E-state index contributed by atoms with van der Waals surface area (Å²) in [5.74, 6) is 4.41. The van der Waals surface area contributed by atoms with Gasteiger partial charge >= 0.3 is 0 Å². The molecule has 0 spiro atoms. The van der Waals surface area contributed by atoms with E-state index in [1.807, 2.05) is 42.5 Å². The molecule has 0 radical (unpaired) electrons. The molecule has 6 nitrogen and oxygen atoms in total. The predicted molar refractivity (Wildman–Crippen MR) is 280 cm³/mol. The van der Waals surface area contributed by atoms with Crippen LogP contribution < -0.4 is 9.47 Å². The molecule has 0 amide bonds. The number of hydrogen-bond donors (Lipinski definition) is 0. The van der Waals surface area contributed by atoms with Gasteiger partial charge in [0, 0.05) is 38.7 Å². The summed E-state index contributed by atoms with van der Waals surface area (Å²) in [4.78, 5) is 15.5. The Morgan fingerprint density at radius 2 is 0.857 bits per heavy atom. The number of fused-ring (bicyclic) bond motifs is 9. The molecule has 1 aliphatic carbocycles. The highest BCUT2D eigenvalue weighted by atomic mass is 16.6. The molecule has 12 aromatic rings. The fourth-order valence-corrected chi connectivity index (χ4v) is 11.0. The summed E-state index contributed by atoms with van der Waals surface area (Å²) in [7, 11) is 0. The Morgan fingerprint density at radius 3 is 1.53 bits per heavy atom. The molecular formula is C64H40N4O2. The summed E-state index contributed by atoms with van der Waals surface area (Å²) in [6, 6.07) is 84.8. The largest absolute Gasteiger partial charge is 0.449 e. The Hall–Kier alpha value is -9.39. The molecule has 3 heterocycles. The molecule has 2 aromatic heterocycles. The van der Waals surface area contributed by atoms with Gasteiger partial charge in [0.2, 0.25) is 0 Å². The second-order valence-corrected chi connectivity index (χ2v) is 17.8. The minimum absolute atomic E-state index is 0.565. The van der Waals surface area contributed by atoms with E-state index in [9.17, 15) is 0 Å². The highest BCUT2D eigenvalue weighted by molar-refractivity contribution is 6.09. The maximum atomic E-state index is 7.12. The minimum atomic E-state index is -0.565. The fourth-order valence-electron chi connectivity index (χ4n) is 11.0. The Balaban J connectivity index is 0.871. The molecule has 2 aliphatic rings. The number of rotatable bonds is 7. The first-order chi connectivity index (χ1) is 34.7. The topological polar surface area (TPSA) is 62.1 Å². The van der Waals surface area contributed by atoms with E-state index in [4.69, 9.17) is 24.4 Å². The van der Waals surface area contributed by atoms with Crippen LogP contribution in [0, 0.1) is 0 Å². The van der Waals surface area contributed by atoms with Crippen molar-refractivity contribution in [2.45, 2.75) is 5.41 Å². The highest BCUT2D eigenvalue weighted by Gasteiger charge is 2.48. The van der Waals surface area contributed by atoms with Gasteiger partial charge in [-0.25, -0.2) is 15.0 Å². The summed E-state index contributed by atoms with van der Waals surface area (Å²) in [5, 5.41) is 2.45. The van der Waals surface area contributed by atoms with Crippen molar-refractivity contribution in [1.29, 1.82) is 0 Å². The third-order valence-corrected chi connectivity index (χ3v) is 14.0. The van der Waals surface area contributed by atoms with Gasteiger partial charge in [0.05, 0.1) is 16.4 Å². The molecule has 70 heavy (non-hydrogen) atoms. The van der Waals surface area contributed by atoms with Crippen molar-refractivity contribution in [3.8, 4) is 85.1 Å². The predicted octanol–water partition coefficient (Wildman–Crippen LogP) is 15.9. The molecular weight excluding hydrogens is 857 g/mol. The zero-order valence-electron chi connectivity index (χ0n) is 37.7. The van der Waals surface area contributed by atoms with Gasteiger partial charge in [0.1, 0.15) is 0 Å². The van der Waals surface area contributed by atoms with E-state index in [-0.39, 0.29) is 0 Å². The normalized spacial score (nSPS) is 12.9. The van der Waals surface area contributed by atoms with Gasteiger partial charge in [-0.15, -0.1) is 0 Å². The van der Waals surface area contributed by atoms with Gasteiger partial charge in [-0.2, -0.15) is 0 Å². The third kappa shape index (κ3) is 6.10. The molecule has 0 saturated heterocycles. The van der Waals surface area contributed by atoms with Gasteiger partial charge in [-0.3, -0.25) is 0 Å². The number of ether oxygens (including phenoxy) is 2. The molecule has 14 rings (SSSR count). The molecule has 6 heteroatoms. The van der Waals surface area contributed by atoms with Crippen molar-refractivity contribution in [2.75, 3.05) is 0 Å². The third-order valence-electron chi connectivity index (χ3n) is 14.0. The first-order valence-corrected chi connectivity index (χ1v) is 23.6. The summed E-state index contributed by atoms with van der Waals surface area (Å²) < 4.78 is 16.2. The maximum absolute atomic E-state index is 7.12. The van der Waals surface area contributed by atoms with Crippen LogP contribution in [-0.2, 0) is 5.41 Å². The highest BCUT2D eigenvalue weighted by Crippen LogP contribution is 2.62. The molecule has 0 N–H and O–H groups in total. The monoisotopic (exact) mass is 896 g/mol. The average Bonchev–Trinajstić information content (AvgIpc) is 3.94. The van der Waals surface area contributed by atoms with Gasteiger partial charge in [-0.05, 0) is 93.5 Å². The number of benzene rings is 10. The quantitative estimate of drug-likeness (QED) is 0.159.